The molecule has 0 aliphatic carbocycles. The molecular weight excluding hydrogens is 348 g/mol. The summed E-state index contributed by atoms with van der Waals surface area (Å²) in [4.78, 5) is 27.3. The first-order valence-corrected chi connectivity index (χ1v) is 8.97. The maximum Gasteiger partial charge on any atom is 0.321 e. The van der Waals surface area contributed by atoms with Crippen LogP contribution in [-0.4, -0.2) is 51.8 Å². The van der Waals surface area contributed by atoms with Crippen molar-refractivity contribution >= 4 is 17.6 Å². The number of imide groups is 1. The highest BCUT2D eigenvalue weighted by Crippen LogP contribution is 2.27. The van der Waals surface area contributed by atoms with Crippen LogP contribution in [0, 0.1) is 0 Å². The number of nitrogens with zero attached hydrogens (tertiary/aromatic N) is 1. The lowest BCUT2D eigenvalue weighted by molar-refractivity contribution is -0.892. The highest BCUT2D eigenvalue weighted by atomic mass is 16.5. The first-order valence-electron chi connectivity index (χ1n) is 8.97. The summed E-state index contributed by atoms with van der Waals surface area (Å²) in [7, 11) is 1.67. The molecule has 8 nitrogen and oxygen atoms in total. The Morgan fingerprint density at radius 2 is 1.96 bits per heavy atom. The Morgan fingerprint density at radius 1 is 1.19 bits per heavy atom. The Morgan fingerprint density at radius 3 is 2.67 bits per heavy atom. The van der Waals surface area contributed by atoms with Gasteiger partial charge in [0.1, 0.15) is 11.5 Å². The number of quaternary nitrogens is 1. The van der Waals surface area contributed by atoms with Gasteiger partial charge in [0.25, 0.3) is 5.91 Å². The molecule has 2 aromatic rings. The van der Waals surface area contributed by atoms with E-state index in [2.05, 4.69) is 15.5 Å². The second-order valence-corrected chi connectivity index (χ2v) is 6.40. The lowest BCUT2D eigenvalue weighted by Gasteiger charge is -2.33. The van der Waals surface area contributed by atoms with E-state index >= 15 is 0 Å². The Bertz CT molecular complexity index is 755. The molecule has 0 unspecified atom stereocenters. The minimum Gasteiger partial charge on any atom is -0.495 e. The average molecular weight is 373 g/mol. The van der Waals surface area contributed by atoms with Crippen LogP contribution in [0.2, 0.25) is 0 Å². The molecular formula is C19H25N4O4+. The minimum atomic E-state index is -0.511. The quantitative estimate of drug-likeness (QED) is 0.664. The van der Waals surface area contributed by atoms with Crippen LogP contribution in [0.15, 0.2) is 47.1 Å². The third-order valence-electron chi connectivity index (χ3n) is 4.56. The van der Waals surface area contributed by atoms with Crippen LogP contribution < -0.4 is 25.2 Å². The van der Waals surface area contributed by atoms with Crippen molar-refractivity contribution in [3.8, 4) is 5.75 Å². The number of carbonyl (C=O) groups excluding carboxylic acids is 2. The second-order valence-electron chi connectivity index (χ2n) is 6.40. The summed E-state index contributed by atoms with van der Waals surface area (Å²) in [5, 5.41) is 4.96. The first kappa shape index (κ1) is 18.8. The number of para-hydroxylation sites is 2. The monoisotopic (exact) mass is 373 g/mol. The Hall–Kier alpha value is -3.00. The van der Waals surface area contributed by atoms with Gasteiger partial charge in [-0.2, -0.15) is 0 Å². The topological polar surface area (TPSA) is 88.2 Å². The van der Waals surface area contributed by atoms with Gasteiger partial charge in [0.2, 0.25) is 0 Å². The SMILES string of the molecule is COc1ccccc1N1CC[NH+](CC(=O)NC(=O)NCc2ccco2)CC1. The van der Waals surface area contributed by atoms with Gasteiger partial charge in [-0.25, -0.2) is 4.79 Å². The number of rotatable bonds is 6. The number of anilines is 1. The number of nitrogens with one attached hydrogen (secondary N) is 3. The number of carbonyl (C=O) groups is 2. The number of hydrogen-bond donors (Lipinski definition) is 3. The number of piperazine rings is 1. The van der Waals surface area contributed by atoms with Gasteiger partial charge in [0.05, 0.1) is 51.8 Å². The van der Waals surface area contributed by atoms with Crippen molar-refractivity contribution in [2.75, 3.05) is 44.7 Å². The van der Waals surface area contributed by atoms with E-state index in [1.165, 1.54) is 6.26 Å². The van der Waals surface area contributed by atoms with E-state index in [-0.39, 0.29) is 19.0 Å². The number of urea groups is 1. The summed E-state index contributed by atoms with van der Waals surface area (Å²) in [5.74, 6) is 1.20. The summed E-state index contributed by atoms with van der Waals surface area (Å²) in [5.41, 5.74) is 1.07. The maximum absolute atomic E-state index is 12.1. The van der Waals surface area contributed by atoms with E-state index in [9.17, 15) is 9.59 Å². The molecule has 0 bridgehead atoms. The maximum atomic E-state index is 12.1. The summed E-state index contributed by atoms with van der Waals surface area (Å²) in [6.07, 6.45) is 1.54. The molecule has 8 heteroatoms. The molecule has 3 N–H and O–H groups in total. The minimum absolute atomic E-state index is 0.247. The molecule has 1 aromatic carbocycles. The largest absolute Gasteiger partial charge is 0.495 e. The molecule has 1 aromatic heterocycles. The van der Waals surface area contributed by atoms with Gasteiger partial charge >= 0.3 is 6.03 Å². The van der Waals surface area contributed by atoms with Gasteiger partial charge in [0.15, 0.2) is 6.54 Å². The van der Waals surface area contributed by atoms with E-state index in [4.69, 9.17) is 9.15 Å². The number of hydrogen-bond acceptors (Lipinski definition) is 5. The van der Waals surface area contributed by atoms with Gasteiger partial charge in [0, 0.05) is 0 Å². The summed E-state index contributed by atoms with van der Waals surface area (Å²) in [6.45, 7) is 3.81. The van der Waals surface area contributed by atoms with Crippen LogP contribution in [0.1, 0.15) is 5.76 Å². The van der Waals surface area contributed by atoms with Crippen molar-refractivity contribution < 1.29 is 23.6 Å². The lowest BCUT2D eigenvalue weighted by atomic mass is 10.2. The predicted octanol–water partition coefficient (Wildman–Crippen LogP) is 0.0191. The number of benzene rings is 1. The summed E-state index contributed by atoms with van der Waals surface area (Å²) >= 11 is 0. The molecule has 2 heterocycles. The molecule has 1 fully saturated rings. The molecule has 0 spiro atoms. The molecule has 1 aliphatic heterocycles. The van der Waals surface area contributed by atoms with E-state index in [1.54, 1.807) is 19.2 Å². The molecule has 3 amide bonds. The molecule has 27 heavy (non-hydrogen) atoms. The van der Waals surface area contributed by atoms with Crippen LogP contribution in [-0.2, 0) is 11.3 Å². The Kier molecular flexibility index (Phi) is 6.32. The lowest BCUT2D eigenvalue weighted by Crippen LogP contribution is -3.16. The fraction of sp³-hybridized carbons (Fsp3) is 0.368. The van der Waals surface area contributed by atoms with Crippen molar-refractivity contribution in [1.29, 1.82) is 0 Å². The fourth-order valence-electron chi connectivity index (χ4n) is 3.15. The molecule has 1 aliphatic rings. The van der Waals surface area contributed by atoms with Crippen LogP contribution in [0.4, 0.5) is 10.5 Å². The average Bonchev–Trinajstić information content (AvgIpc) is 3.20. The van der Waals surface area contributed by atoms with Crippen molar-refractivity contribution in [1.82, 2.24) is 10.6 Å². The molecule has 0 atom stereocenters. The van der Waals surface area contributed by atoms with Crippen LogP contribution in [0.5, 0.6) is 5.75 Å². The van der Waals surface area contributed by atoms with Crippen molar-refractivity contribution in [2.24, 2.45) is 0 Å². The zero-order valence-corrected chi connectivity index (χ0v) is 15.4. The van der Waals surface area contributed by atoms with Gasteiger partial charge in [-0.3, -0.25) is 10.1 Å². The van der Waals surface area contributed by atoms with Crippen molar-refractivity contribution in [3.63, 3.8) is 0 Å². The summed E-state index contributed by atoms with van der Waals surface area (Å²) in [6, 6.07) is 10.9. The molecule has 3 rings (SSSR count). The molecule has 0 radical (unpaired) electrons. The third-order valence-corrected chi connectivity index (χ3v) is 4.56. The second kappa shape index (κ2) is 9.09. The van der Waals surface area contributed by atoms with E-state index < -0.39 is 6.03 Å². The van der Waals surface area contributed by atoms with Crippen molar-refractivity contribution in [3.05, 3.63) is 48.4 Å². The van der Waals surface area contributed by atoms with Gasteiger partial charge in [-0.05, 0) is 24.3 Å². The third kappa shape index (κ3) is 5.24. The molecule has 1 saturated heterocycles. The fourth-order valence-corrected chi connectivity index (χ4v) is 3.15. The first-order chi connectivity index (χ1) is 13.2. The highest BCUT2D eigenvalue weighted by Gasteiger charge is 2.24. The van der Waals surface area contributed by atoms with Crippen LogP contribution in [0.3, 0.4) is 0 Å². The summed E-state index contributed by atoms with van der Waals surface area (Å²) < 4.78 is 10.5. The van der Waals surface area contributed by atoms with Crippen LogP contribution >= 0.6 is 0 Å². The molecule has 0 saturated carbocycles. The Labute approximate surface area is 158 Å². The Balaban J connectivity index is 1.40. The number of ether oxygens (including phenoxy) is 1. The van der Waals surface area contributed by atoms with Crippen LogP contribution in [0.25, 0.3) is 0 Å². The standard InChI is InChI=1S/C19H24N4O4/c1-26-17-7-3-2-6-16(17)23-10-8-22(9-11-23)14-18(24)21-19(25)20-13-15-5-4-12-27-15/h2-7,12H,8-11,13-14H2,1H3,(H2,20,21,24,25)/p+1. The highest BCUT2D eigenvalue weighted by molar-refractivity contribution is 5.94. The van der Waals surface area contributed by atoms with Gasteiger partial charge < -0.3 is 24.3 Å². The molecule has 144 valence electrons. The zero-order chi connectivity index (χ0) is 19.1. The smallest absolute Gasteiger partial charge is 0.321 e. The predicted molar refractivity (Wildman–Crippen MR) is 99.9 cm³/mol. The number of methoxy groups -OCH3 is 1. The van der Waals surface area contributed by atoms with E-state index in [0.29, 0.717) is 5.76 Å². The number of amides is 3. The van der Waals surface area contributed by atoms with Gasteiger partial charge in [-0.15, -0.1) is 0 Å². The van der Waals surface area contributed by atoms with Crippen molar-refractivity contribution in [2.45, 2.75) is 6.54 Å². The normalized spacial score (nSPS) is 14.6. The van der Waals surface area contributed by atoms with Gasteiger partial charge in [-0.1, -0.05) is 12.1 Å². The number of furan rings is 1. The zero-order valence-electron chi connectivity index (χ0n) is 15.4. The van der Waals surface area contributed by atoms with E-state index in [1.807, 2.05) is 24.3 Å². The van der Waals surface area contributed by atoms with E-state index in [0.717, 1.165) is 42.5 Å².